The van der Waals surface area contributed by atoms with Crippen LogP contribution in [0.25, 0.3) is 27.6 Å². The molecule has 0 unspecified atom stereocenters. The van der Waals surface area contributed by atoms with E-state index in [9.17, 15) is 4.79 Å². The lowest BCUT2D eigenvalue weighted by molar-refractivity contribution is 0.103. The van der Waals surface area contributed by atoms with Gasteiger partial charge in [-0.05, 0) is 54.2 Å². The molecule has 10 heteroatoms. The molecule has 0 radical (unpaired) electrons. The zero-order valence-corrected chi connectivity index (χ0v) is 16.7. The number of aryl methyl sites for hydroxylation is 1. The highest BCUT2D eigenvalue weighted by molar-refractivity contribution is 7.13. The molecule has 0 aliphatic heterocycles. The van der Waals surface area contributed by atoms with Crippen LogP contribution in [0.2, 0.25) is 0 Å². The van der Waals surface area contributed by atoms with E-state index in [1.165, 1.54) is 0 Å². The van der Waals surface area contributed by atoms with Gasteiger partial charge in [-0.15, -0.1) is 26.6 Å². The van der Waals surface area contributed by atoms with Crippen LogP contribution in [0, 0.1) is 6.92 Å². The molecule has 0 atom stereocenters. The van der Waals surface area contributed by atoms with Crippen molar-refractivity contribution < 1.29 is 4.79 Å². The fraction of sp³-hybridized carbons (Fsp3) is 0.0526. The van der Waals surface area contributed by atoms with Crippen LogP contribution in [0.15, 0.2) is 53.9 Å². The molecule has 0 aliphatic rings. The number of nitrogens with one attached hydrogen (secondary N) is 1. The molecular formula is C19H13N7OS2. The van der Waals surface area contributed by atoms with Gasteiger partial charge in [-0.2, -0.15) is 9.61 Å². The second kappa shape index (κ2) is 7.15. The van der Waals surface area contributed by atoms with Crippen molar-refractivity contribution in [2.24, 2.45) is 0 Å². The maximum Gasteiger partial charge on any atom is 0.269 e. The van der Waals surface area contributed by atoms with Gasteiger partial charge in [0.25, 0.3) is 5.91 Å². The quantitative estimate of drug-likeness (QED) is 0.474. The smallest absolute Gasteiger partial charge is 0.269 e. The number of thiophene rings is 1. The summed E-state index contributed by atoms with van der Waals surface area (Å²) in [5, 5.41) is 21.9. The Morgan fingerprint density at radius 3 is 2.79 bits per heavy atom. The number of aromatic nitrogens is 6. The van der Waals surface area contributed by atoms with Gasteiger partial charge in [-0.3, -0.25) is 4.79 Å². The van der Waals surface area contributed by atoms with Crippen LogP contribution >= 0.6 is 22.9 Å². The van der Waals surface area contributed by atoms with Crippen LogP contribution in [-0.4, -0.2) is 35.3 Å². The molecule has 0 aliphatic carbocycles. The maximum absolute atomic E-state index is 12.4. The monoisotopic (exact) mass is 419 g/mol. The Morgan fingerprint density at radius 1 is 1.07 bits per heavy atom. The van der Waals surface area contributed by atoms with Gasteiger partial charge in [0.05, 0.1) is 16.3 Å². The third-order valence-electron chi connectivity index (χ3n) is 4.28. The van der Waals surface area contributed by atoms with E-state index in [1.54, 1.807) is 22.8 Å². The number of carbonyl (C=O) groups is 1. The lowest BCUT2D eigenvalue weighted by Crippen LogP contribution is -2.11. The molecule has 0 saturated heterocycles. The van der Waals surface area contributed by atoms with E-state index in [2.05, 4.69) is 25.1 Å². The number of benzene rings is 1. The Bertz CT molecular complexity index is 1320. The number of hydrogen-bond donors (Lipinski definition) is 1. The van der Waals surface area contributed by atoms with E-state index in [-0.39, 0.29) is 5.91 Å². The summed E-state index contributed by atoms with van der Waals surface area (Å²) in [6, 6.07) is 15.3. The molecular weight excluding hydrogens is 406 g/mol. The first-order chi connectivity index (χ1) is 14.2. The van der Waals surface area contributed by atoms with Gasteiger partial charge >= 0.3 is 0 Å². The van der Waals surface area contributed by atoms with Crippen molar-refractivity contribution in [1.82, 2.24) is 29.4 Å². The molecule has 29 heavy (non-hydrogen) atoms. The molecule has 0 saturated carbocycles. The molecule has 4 aromatic heterocycles. The van der Waals surface area contributed by atoms with Crippen molar-refractivity contribution in [3.8, 4) is 22.0 Å². The van der Waals surface area contributed by atoms with Crippen molar-refractivity contribution in [3.05, 3.63) is 64.5 Å². The number of hydrogen-bond acceptors (Lipinski definition) is 8. The third kappa shape index (κ3) is 3.28. The van der Waals surface area contributed by atoms with E-state index in [0.29, 0.717) is 27.7 Å². The van der Waals surface area contributed by atoms with Crippen LogP contribution in [0.5, 0.6) is 0 Å². The molecule has 0 fully saturated rings. The van der Waals surface area contributed by atoms with Crippen molar-refractivity contribution in [1.29, 1.82) is 0 Å². The summed E-state index contributed by atoms with van der Waals surface area (Å²) in [6.07, 6.45) is 0. The largest absolute Gasteiger partial charge is 0.321 e. The summed E-state index contributed by atoms with van der Waals surface area (Å²) >= 11 is 2.66. The van der Waals surface area contributed by atoms with Gasteiger partial charge in [0.2, 0.25) is 0 Å². The van der Waals surface area contributed by atoms with E-state index in [4.69, 9.17) is 5.10 Å². The van der Waals surface area contributed by atoms with Crippen molar-refractivity contribution in [2.45, 2.75) is 6.92 Å². The number of fused-ring (bicyclic) bond motifs is 1. The molecule has 0 bridgehead atoms. The van der Waals surface area contributed by atoms with Gasteiger partial charge in [0.15, 0.2) is 11.5 Å². The van der Waals surface area contributed by atoms with Crippen molar-refractivity contribution in [3.63, 3.8) is 0 Å². The summed E-state index contributed by atoms with van der Waals surface area (Å²) in [6.45, 7) is 1.76. The number of carbonyl (C=O) groups excluding carboxylic acids is 1. The predicted octanol–water partition coefficient (Wildman–Crippen LogP) is 3.93. The van der Waals surface area contributed by atoms with Crippen molar-refractivity contribution >= 4 is 40.1 Å². The molecule has 1 aromatic carbocycles. The number of anilines is 1. The molecule has 4 heterocycles. The first kappa shape index (κ1) is 17.6. The first-order valence-corrected chi connectivity index (χ1v) is 10.3. The molecule has 8 nitrogen and oxygen atoms in total. The zero-order chi connectivity index (χ0) is 19.8. The topological polar surface area (TPSA) is 98.0 Å². The van der Waals surface area contributed by atoms with Gasteiger partial charge < -0.3 is 5.32 Å². The number of nitrogens with zero attached hydrogens (tertiary/aromatic N) is 6. The van der Waals surface area contributed by atoms with E-state index in [0.717, 1.165) is 27.7 Å². The van der Waals surface area contributed by atoms with E-state index in [1.807, 2.05) is 53.9 Å². The standard InChI is InChI=1S/C19H13N7OS2/c1-11-17(29-25-21-11)19(27)20-13-5-2-4-12(10-13)14-7-8-16-22-23-18(26(16)24-14)15-6-3-9-28-15/h2-10H,1H3,(H,20,27). The normalized spacial score (nSPS) is 11.1. The molecule has 1 N–H and O–H groups in total. The van der Waals surface area contributed by atoms with E-state index < -0.39 is 0 Å². The molecule has 5 rings (SSSR count). The van der Waals surface area contributed by atoms with Crippen LogP contribution in [0.1, 0.15) is 15.4 Å². The highest BCUT2D eigenvalue weighted by Crippen LogP contribution is 2.26. The highest BCUT2D eigenvalue weighted by atomic mass is 32.1. The second-order valence-electron chi connectivity index (χ2n) is 6.21. The van der Waals surface area contributed by atoms with Gasteiger partial charge in [-0.1, -0.05) is 22.7 Å². The van der Waals surface area contributed by atoms with Crippen molar-refractivity contribution in [2.75, 3.05) is 5.32 Å². The Kier molecular flexibility index (Phi) is 4.34. The molecule has 0 spiro atoms. The lowest BCUT2D eigenvalue weighted by atomic mass is 10.1. The average Bonchev–Trinajstić information content (AvgIpc) is 3.48. The summed E-state index contributed by atoms with van der Waals surface area (Å²) in [7, 11) is 0. The van der Waals surface area contributed by atoms with Crippen LogP contribution in [0.4, 0.5) is 5.69 Å². The highest BCUT2D eigenvalue weighted by Gasteiger charge is 2.15. The molecule has 5 aromatic rings. The minimum Gasteiger partial charge on any atom is -0.321 e. The number of rotatable bonds is 4. The second-order valence-corrected chi connectivity index (χ2v) is 7.91. The van der Waals surface area contributed by atoms with Gasteiger partial charge in [0.1, 0.15) is 4.88 Å². The minimum atomic E-state index is -0.225. The Labute approximate surface area is 173 Å². The van der Waals surface area contributed by atoms with Crippen LogP contribution in [-0.2, 0) is 0 Å². The third-order valence-corrected chi connectivity index (χ3v) is 5.97. The summed E-state index contributed by atoms with van der Waals surface area (Å²) < 4.78 is 5.54. The Morgan fingerprint density at radius 2 is 2.00 bits per heavy atom. The average molecular weight is 419 g/mol. The first-order valence-electron chi connectivity index (χ1n) is 8.66. The summed E-state index contributed by atoms with van der Waals surface area (Å²) in [5.41, 5.74) is 3.58. The maximum atomic E-state index is 12.4. The Hall–Kier alpha value is -3.50. The fourth-order valence-corrected chi connectivity index (χ4v) is 4.13. The zero-order valence-electron chi connectivity index (χ0n) is 15.1. The minimum absolute atomic E-state index is 0.225. The van der Waals surface area contributed by atoms with Crippen LogP contribution in [0.3, 0.4) is 0 Å². The predicted molar refractivity (Wildman–Crippen MR) is 112 cm³/mol. The van der Waals surface area contributed by atoms with Crippen LogP contribution < -0.4 is 5.32 Å². The summed E-state index contributed by atoms with van der Waals surface area (Å²) in [4.78, 5) is 13.9. The van der Waals surface area contributed by atoms with E-state index >= 15 is 0 Å². The fourth-order valence-electron chi connectivity index (χ4n) is 2.89. The SMILES string of the molecule is Cc1nnsc1C(=O)Nc1cccc(-c2ccc3nnc(-c4cccs4)n3n2)c1. The molecule has 1 amide bonds. The lowest BCUT2D eigenvalue weighted by Gasteiger charge is -2.07. The number of amides is 1. The summed E-state index contributed by atoms with van der Waals surface area (Å²) in [5.74, 6) is 0.478. The Balaban J connectivity index is 1.49. The van der Waals surface area contributed by atoms with Gasteiger partial charge in [-0.25, -0.2) is 0 Å². The van der Waals surface area contributed by atoms with Gasteiger partial charge in [0, 0.05) is 11.3 Å². The molecule has 142 valence electrons.